The van der Waals surface area contributed by atoms with Gasteiger partial charge in [0.25, 0.3) is 0 Å². The van der Waals surface area contributed by atoms with Crippen LogP contribution >= 0.6 is 11.6 Å². The summed E-state index contributed by atoms with van der Waals surface area (Å²) in [6.07, 6.45) is 0.536. The number of ketones is 1. The summed E-state index contributed by atoms with van der Waals surface area (Å²) in [5, 5.41) is 8.95. The Bertz CT molecular complexity index is 446. The molecule has 0 unspecified atom stereocenters. The maximum Gasteiger partial charge on any atom is 0.161 e. The number of nitriles is 1. The Morgan fingerprint density at radius 1 is 1.57 bits per heavy atom. The standard InChI is InChI=1S/C10H6ClNO2/c1-6(14)10-7(5-13)2-3-9(11)8(10)4-12/h2-3,5H,1H3. The van der Waals surface area contributed by atoms with Crippen LogP contribution in [0.5, 0.6) is 0 Å². The third-order valence-electron chi connectivity index (χ3n) is 1.78. The van der Waals surface area contributed by atoms with Gasteiger partial charge < -0.3 is 0 Å². The Kier molecular flexibility index (Phi) is 3.00. The number of hydrogen-bond donors (Lipinski definition) is 0. The van der Waals surface area contributed by atoms with E-state index in [2.05, 4.69) is 0 Å². The van der Waals surface area contributed by atoms with E-state index in [-0.39, 0.29) is 27.5 Å². The van der Waals surface area contributed by atoms with Crippen LogP contribution in [-0.2, 0) is 0 Å². The van der Waals surface area contributed by atoms with Crippen LogP contribution in [0.15, 0.2) is 12.1 Å². The molecule has 1 aromatic rings. The van der Waals surface area contributed by atoms with E-state index in [1.54, 1.807) is 0 Å². The van der Waals surface area contributed by atoms with Crippen LogP contribution in [0, 0.1) is 11.3 Å². The summed E-state index contributed by atoms with van der Waals surface area (Å²) in [6.45, 7) is 1.29. The Balaban J connectivity index is 3.62. The van der Waals surface area contributed by atoms with Gasteiger partial charge in [-0.15, -0.1) is 0 Å². The lowest BCUT2D eigenvalue weighted by atomic mass is 9.99. The van der Waals surface area contributed by atoms with Gasteiger partial charge >= 0.3 is 0 Å². The van der Waals surface area contributed by atoms with E-state index in [1.807, 2.05) is 6.07 Å². The summed E-state index contributed by atoms with van der Waals surface area (Å²) in [5.41, 5.74) is 0.345. The molecule has 0 aliphatic heterocycles. The van der Waals surface area contributed by atoms with Crippen LogP contribution in [0.1, 0.15) is 33.2 Å². The zero-order valence-electron chi connectivity index (χ0n) is 7.37. The van der Waals surface area contributed by atoms with Crippen LogP contribution in [0.25, 0.3) is 0 Å². The van der Waals surface area contributed by atoms with Gasteiger partial charge in [-0.3, -0.25) is 9.59 Å². The summed E-state index contributed by atoms with van der Waals surface area (Å²) in [7, 11) is 0. The summed E-state index contributed by atoms with van der Waals surface area (Å²) in [6, 6.07) is 4.66. The number of nitrogens with zero attached hydrogens (tertiary/aromatic N) is 1. The normalized spacial score (nSPS) is 9.21. The molecular weight excluding hydrogens is 202 g/mol. The number of Topliss-reactive ketones (excluding diaryl/α,β-unsaturated/α-hetero) is 1. The fourth-order valence-corrected chi connectivity index (χ4v) is 1.38. The van der Waals surface area contributed by atoms with Crippen LogP contribution in [-0.4, -0.2) is 12.1 Å². The van der Waals surface area contributed by atoms with Gasteiger partial charge in [0.15, 0.2) is 12.1 Å². The number of halogens is 1. The second kappa shape index (κ2) is 4.03. The van der Waals surface area contributed by atoms with Crippen LogP contribution in [0.4, 0.5) is 0 Å². The molecule has 0 N–H and O–H groups in total. The van der Waals surface area contributed by atoms with Crippen molar-refractivity contribution in [2.75, 3.05) is 0 Å². The van der Waals surface area contributed by atoms with E-state index in [1.165, 1.54) is 19.1 Å². The van der Waals surface area contributed by atoms with Crippen molar-refractivity contribution in [3.63, 3.8) is 0 Å². The molecule has 0 heterocycles. The van der Waals surface area contributed by atoms with Gasteiger partial charge in [-0.1, -0.05) is 11.6 Å². The average Bonchev–Trinajstić information content (AvgIpc) is 2.17. The van der Waals surface area contributed by atoms with Gasteiger partial charge in [0, 0.05) is 11.1 Å². The van der Waals surface area contributed by atoms with Crippen molar-refractivity contribution < 1.29 is 9.59 Å². The van der Waals surface area contributed by atoms with E-state index in [0.29, 0.717) is 6.29 Å². The predicted molar refractivity (Wildman–Crippen MR) is 51.6 cm³/mol. The molecule has 0 fully saturated rings. The summed E-state index contributed by atoms with van der Waals surface area (Å²) >= 11 is 5.71. The Morgan fingerprint density at radius 2 is 2.21 bits per heavy atom. The molecule has 1 aromatic carbocycles. The fourth-order valence-electron chi connectivity index (χ4n) is 1.18. The van der Waals surface area contributed by atoms with Gasteiger partial charge in [0.2, 0.25) is 0 Å². The molecule has 4 heteroatoms. The van der Waals surface area contributed by atoms with Crippen molar-refractivity contribution in [3.8, 4) is 6.07 Å². The van der Waals surface area contributed by atoms with E-state index < -0.39 is 0 Å². The highest BCUT2D eigenvalue weighted by Crippen LogP contribution is 2.22. The Hall–Kier alpha value is -1.66. The molecule has 0 saturated heterocycles. The summed E-state index contributed by atoms with van der Waals surface area (Å²) in [5.74, 6) is -0.342. The highest BCUT2D eigenvalue weighted by Gasteiger charge is 2.15. The van der Waals surface area contributed by atoms with Crippen molar-refractivity contribution in [1.82, 2.24) is 0 Å². The molecule has 0 saturated carbocycles. The number of aldehydes is 1. The molecule has 0 radical (unpaired) electrons. The van der Waals surface area contributed by atoms with Gasteiger partial charge in [-0.05, 0) is 19.1 Å². The minimum Gasteiger partial charge on any atom is -0.298 e. The second-order valence-corrected chi connectivity index (χ2v) is 3.08. The molecule has 0 aromatic heterocycles. The average molecular weight is 208 g/mol. The van der Waals surface area contributed by atoms with Crippen LogP contribution < -0.4 is 0 Å². The first-order valence-electron chi connectivity index (χ1n) is 3.80. The van der Waals surface area contributed by atoms with Crippen molar-refractivity contribution >= 4 is 23.7 Å². The SMILES string of the molecule is CC(=O)c1c(C=O)ccc(Cl)c1C#N. The lowest BCUT2D eigenvalue weighted by Gasteiger charge is -2.04. The Morgan fingerprint density at radius 3 is 2.64 bits per heavy atom. The third-order valence-corrected chi connectivity index (χ3v) is 2.09. The van der Waals surface area contributed by atoms with Crippen molar-refractivity contribution in [2.45, 2.75) is 6.92 Å². The molecule has 0 atom stereocenters. The van der Waals surface area contributed by atoms with E-state index in [0.717, 1.165) is 0 Å². The zero-order chi connectivity index (χ0) is 10.7. The zero-order valence-corrected chi connectivity index (χ0v) is 8.13. The fraction of sp³-hybridized carbons (Fsp3) is 0.100. The van der Waals surface area contributed by atoms with E-state index in [9.17, 15) is 9.59 Å². The molecule has 0 amide bonds. The first-order valence-corrected chi connectivity index (χ1v) is 4.18. The first-order chi connectivity index (χ1) is 6.61. The van der Waals surface area contributed by atoms with Crippen molar-refractivity contribution in [1.29, 1.82) is 5.26 Å². The maximum absolute atomic E-state index is 11.2. The van der Waals surface area contributed by atoms with Crippen LogP contribution in [0.2, 0.25) is 5.02 Å². The van der Waals surface area contributed by atoms with Gasteiger partial charge in [-0.25, -0.2) is 0 Å². The molecule has 0 aliphatic rings. The highest BCUT2D eigenvalue weighted by atomic mass is 35.5. The molecule has 3 nitrogen and oxygen atoms in total. The van der Waals surface area contributed by atoms with Gasteiger partial charge in [0.05, 0.1) is 10.6 Å². The van der Waals surface area contributed by atoms with Crippen molar-refractivity contribution in [2.24, 2.45) is 0 Å². The quantitative estimate of drug-likeness (QED) is 0.552. The van der Waals surface area contributed by atoms with E-state index in [4.69, 9.17) is 16.9 Å². The lowest BCUT2D eigenvalue weighted by Crippen LogP contribution is -2.03. The topological polar surface area (TPSA) is 57.9 Å². The lowest BCUT2D eigenvalue weighted by molar-refractivity contribution is 0.100. The van der Waals surface area contributed by atoms with Crippen molar-refractivity contribution in [3.05, 3.63) is 33.8 Å². The number of benzene rings is 1. The summed E-state index contributed by atoms with van der Waals surface area (Å²) in [4.78, 5) is 21.8. The minimum atomic E-state index is -0.342. The van der Waals surface area contributed by atoms with Gasteiger partial charge in [-0.2, -0.15) is 5.26 Å². The number of rotatable bonds is 2. The van der Waals surface area contributed by atoms with Gasteiger partial charge in [0.1, 0.15) is 6.07 Å². The monoisotopic (exact) mass is 207 g/mol. The minimum absolute atomic E-state index is 0.0590. The molecule has 0 aliphatic carbocycles. The largest absolute Gasteiger partial charge is 0.298 e. The van der Waals surface area contributed by atoms with E-state index >= 15 is 0 Å². The van der Waals surface area contributed by atoms with Crippen LogP contribution in [0.3, 0.4) is 0 Å². The highest BCUT2D eigenvalue weighted by molar-refractivity contribution is 6.32. The molecule has 14 heavy (non-hydrogen) atoms. The molecule has 1 rings (SSSR count). The number of carbonyl (C=O) groups is 2. The first kappa shape index (κ1) is 10.4. The molecule has 70 valence electrons. The number of carbonyl (C=O) groups excluding carboxylic acids is 2. The smallest absolute Gasteiger partial charge is 0.161 e. The second-order valence-electron chi connectivity index (χ2n) is 2.67. The molecular formula is C10H6ClNO2. The molecule has 0 spiro atoms. The molecule has 0 bridgehead atoms. The Labute approximate surface area is 85.9 Å². The third kappa shape index (κ3) is 1.66. The predicted octanol–water partition coefficient (Wildman–Crippen LogP) is 2.23. The number of hydrogen-bond acceptors (Lipinski definition) is 3. The summed E-state index contributed by atoms with van der Waals surface area (Å²) < 4.78 is 0. The maximum atomic E-state index is 11.2.